The number of nitrogens with zero attached hydrogens (tertiary/aromatic N) is 5. The van der Waals surface area contributed by atoms with Crippen molar-refractivity contribution in [3.8, 4) is 5.75 Å². The standard InChI is InChI=1S/C35H34N6O3S2/c1-24-10-12-27(13-11-24)30-21-29(26-14-16-28(44-2)17-15-26)39-41(30)33(42)23-46-35-38-37-32(22-36-34(43)31-9-6-20-45-31)40(35)19-18-25-7-4-3-5-8-25/h3-17,20,30H,18-19,21-23H2,1-2H3,(H,36,43)/t30-/m0/s1. The topological polar surface area (TPSA) is 102 Å². The van der Waals surface area contributed by atoms with E-state index in [4.69, 9.17) is 9.84 Å². The number of hydrogen-bond donors (Lipinski definition) is 1. The van der Waals surface area contributed by atoms with Crippen LogP contribution in [0, 0.1) is 6.92 Å². The van der Waals surface area contributed by atoms with Crippen LogP contribution >= 0.6 is 23.1 Å². The van der Waals surface area contributed by atoms with E-state index in [2.05, 4.69) is 51.9 Å². The van der Waals surface area contributed by atoms with Crippen LogP contribution in [0.25, 0.3) is 0 Å². The maximum atomic E-state index is 13.9. The highest BCUT2D eigenvalue weighted by Gasteiger charge is 2.33. The lowest BCUT2D eigenvalue weighted by molar-refractivity contribution is -0.130. The molecule has 11 heteroatoms. The zero-order valence-electron chi connectivity index (χ0n) is 25.6. The first-order valence-electron chi connectivity index (χ1n) is 15.0. The van der Waals surface area contributed by atoms with Crippen LogP contribution in [0.5, 0.6) is 5.75 Å². The number of rotatable bonds is 12. The summed E-state index contributed by atoms with van der Waals surface area (Å²) in [7, 11) is 1.64. The summed E-state index contributed by atoms with van der Waals surface area (Å²) in [6, 6.07) is 29.6. The molecule has 1 atom stereocenters. The molecule has 5 aromatic rings. The Morgan fingerprint density at radius 2 is 1.76 bits per heavy atom. The zero-order valence-corrected chi connectivity index (χ0v) is 27.3. The van der Waals surface area contributed by atoms with Crippen LogP contribution in [0.2, 0.25) is 0 Å². The Kier molecular flexibility index (Phi) is 9.90. The first-order valence-corrected chi connectivity index (χ1v) is 16.9. The molecular formula is C35H34N6O3S2. The minimum Gasteiger partial charge on any atom is -0.497 e. The number of thioether (sulfide) groups is 1. The van der Waals surface area contributed by atoms with Gasteiger partial charge in [0, 0.05) is 13.0 Å². The third-order valence-electron chi connectivity index (χ3n) is 7.79. The summed E-state index contributed by atoms with van der Waals surface area (Å²) < 4.78 is 7.32. The van der Waals surface area contributed by atoms with E-state index in [9.17, 15) is 9.59 Å². The van der Waals surface area contributed by atoms with Gasteiger partial charge in [-0.1, -0.05) is 78.0 Å². The van der Waals surface area contributed by atoms with Gasteiger partial charge in [-0.15, -0.1) is 21.5 Å². The fraction of sp³-hybridized carbons (Fsp3) is 0.229. The zero-order chi connectivity index (χ0) is 31.9. The van der Waals surface area contributed by atoms with Gasteiger partial charge >= 0.3 is 0 Å². The molecule has 6 rings (SSSR count). The molecule has 1 aliphatic heterocycles. The molecule has 2 amide bonds. The van der Waals surface area contributed by atoms with Gasteiger partial charge in [0.05, 0.1) is 36.0 Å². The van der Waals surface area contributed by atoms with Crippen LogP contribution in [-0.4, -0.2) is 50.2 Å². The molecule has 0 saturated heterocycles. The van der Waals surface area contributed by atoms with E-state index in [0.717, 1.165) is 34.6 Å². The number of benzene rings is 3. The summed E-state index contributed by atoms with van der Waals surface area (Å²) in [5.41, 5.74) is 5.17. The molecule has 0 aliphatic carbocycles. The number of carbonyl (C=O) groups is 2. The van der Waals surface area contributed by atoms with Crippen LogP contribution in [-0.2, 0) is 24.3 Å². The largest absolute Gasteiger partial charge is 0.497 e. The van der Waals surface area contributed by atoms with Gasteiger partial charge in [0.25, 0.3) is 11.8 Å². The highest BCUT2D eigenvalue weighted by Crippen LogP contribution is 2.34. The van der Waals surface area contributed by atoms with Crippen LogP contribution in [0.3, 0.4) is 0 Å². The smallest absolute Gasteiger partial charge is 0.261 e. The molecule has 3 heterocycles. The quantitative estimate of drug-likeness (QED) is 0.159. The Hall–Kier alpha value is -4.74. The third-order valence-corrected chi connectivity index (χ3v) is 9.61. The normalized spacial score (nSPS) is 14.3. The van der Waals surface area contributed by atoms with Crippen molar-refractivity contribution in [1.29, 1.82) is 0 Å². The van der Waals surface area contributed by atoms with Gasteiger partial charge in [0.2, 0.25) is 0 Å². The van der Waals surface area contributed by atoms with Gasteiger partial charge in [-0.2, -0.15) is 5.10 Å². The summed E-state index contributed by atoms with van der Waals surface area (Å²) in [6.07, 6.45) is 1.36. The van der Waals surface area contributed by atoms with E-state index < -0.39 is 0 Å². The Labute approximate surface area is 276 Å². The monoisotopic (exact) mass is 650 g/mol. The highest BCUT2D eigenvalue weighted by molar-refractivity contribution is 7.99. The summed E-state index contributed by atoms with van der Waals surface area (Å²) in [4.78, 5) is 27.1. The minimum atomic E-state index is -0.218. The third kappa shape index (κ3) is 7.38. The van der Waals surface area contributed by atoms with Crippen molar-refractivity contribution >= 4 is 40.6 Å². The second-order valence-corrected chi connectivity index (χ2v) is 12.8. The fourth-order valence-corrected chi connectivity index (χ4v) is 6.74. The lowest BCUT2D eigenvalue weighted by Gasteiger charge is -2.22. The Bertz CT molecular complexity index is 1800. The summed E-state index contributed by atoms with van der Waals surface area (Å²) in [5.74, 6) is 1.26. The summed E-state index contributed by atoms with van der Waals surface area (Å²) in [6.45, 7) is 2.88. The van der Waals surface area contributed by atoms with Gasteiger partial charge in [-0.05, 0) is 65.7 Å². The molecule has 46 heavy (non-hydrogen) atoms. The molecule has 0 radical (unpaired) electrons. The van der Waals surface area contributed by atoms with Crippen molar-refractivity contribution < 1.29 is 14.3 Å². The van der Waals surface area contributed by atoms with E-state index in [1.165, 1.54) is 28.7 Å². The average molecular weight is 651 g/mol. The molecule has 0 spiro atoms. The van der Waals surface area contributed by atoms with Crippen molar-refractivity contribution in [2.75, 3.05) is 12.9 Å². The minimum absolute atomic E-state index is 0.121. The van der Waals surface area contributed by atoms with Crippen LogP contribution in [0.15, 0.2) is 107 Å². The molecular weight excluding hydrogens is 617 g/mol. The second-order valence-electron chi connectivity index (χ2n) is 10.9. The van der Waals surface area contributed by atoms with E-state index in [-0.39, 0.29) is 30.2 Å². The molecule has 234 valence electrons. The number of nitrogens with one attached hydrogen (secondary N) is 1. The number of ether oxygens (including phenoxy) is 1. The molecule has 0 bridgehead atoms. The lowest BCUT2D eigenvalue weighted by Crippen LogP contribution is -2.28. The van der Waals surface area contributed by atoms with Gasteiger partial charge in [-0.3, -0.25) is 9.59 Å². The molecule has 3 aromatic carbocycles. The second kappa shape index (κ2) is 14.6. The average Bonchev–Trinajstić information content (AvgIpc) is 3.87. The van der Waals surface area contributed by atoms with E-state index in [1.807, 2.05) is 65.4 Å². The van der Waals surface area contributed by atoms with Crippen molar-refractivity contribution in [2.24, 2.45) is 5.10 Å². The number of aryl methyl sites for hydroxylation is 2. The predicted molar refractivity (Wildman–Crippen MR) is 181 cm³/mol. The Morgan fingerprint density at radius 1 is 0.978 bits per heavy atom. The maximum absolute atomic E-state index is 13.9. The number of hydrazone groups is 1. The summed E-state index contributed by atoms with van der Waals surface area (Å²) in [5, 5.41) is 20.8. The molecule has 0 unspecified atom stereocenters. The van der Waals surface area contributed by atoms with E-state index >= 15 is 0 Å². The van der Waals surface area contributed by atoms with Crippen molar-refractivity contribution in [3.63, 3.8) is 0 Å². The lowest BCUT2D eigenvalue weighted by atomic mass is 9.97. The number of aromatic nitrogens is 3. The molecule has 0 fully saturated rings. The number of thiophene rings is 1. The molecule has 0 saturated carbocycles. The number of amides is 2. The molecule has 2 aromatic heterocycles. The van der Waals surface area contributed by atoms with Gasteiger partial charge in [-0.25, -0.2) is 5.01 Å². The number of methoxy groups -OCH3 is 1. The van der Waals surface area contributed by atoms with Crippen LogP contribution in [0.4, 0.5) is 0 Å². The van der Waals surface area contributed by atoms with Crippen molar-refractivity contribution in [3.05, 3.63) is 129 Å². The highest BCUT2D eigenvalue weighted by atomic mass is 32.2. The molecule has 1 N–H and O–H groups in total. The van der Waals surface area contributed by atoms with E-state index in [0.29, 0.717) is 28.8 Å². The maximum Gasteiger partial charge on any atom is 0.261 e. The first kappa shape index (κ1) is 31.3. The molecule has 9 nitrogen and oxygen atoms in total. The van der Waals surface area contributed by atoms with Crippen molar-refractivity contribution in [2.45, 2.75) is 44.1 Å². The Balaban J connectivity index is 1.21. The SMILES string of the molecule is COc1ccc(C2=NN(C(=O)CSc3nnc(CNC(=O)c4cccs4)n3CCc3ccccc3)[C@H](c3ccc(C)cc3)C2)cc1. The predicted octanol–water partition coefficient (Wildman–Crippen LogP) is 6.30. The van der Waals surface area contributed by atoms with E-state index in [1.54, 1.807) is 18.2 Å². The molecule has 1 aliphatic rings. The van der Waals surface area contributed by atoms with Crippen LogP contribution < -0.4 is 10.1 Å². The van der Waals surface area contributed by atoms with Gasteiger partial charge in [0.15, 0.2) is 11.0 Å². The fourth-order valence-electron chi connectivity index (χ4n) is 5.26. The van der Waals surface area contributed by atoms with Crippen molar-refractivity contribution in [1.82, 2.24) is 25.1 Å². The number of carbonyl (C=O) groups excluding carboxylic acids is 2. The Morgan fingerprint density at radius 3 is 2.48 bits per heavy atom. The summed E-state index contributed by atoms with van der Waals surface area (Å²) >= 11 is 2.72. The van der Waals surface area contributed by atoms with Crippen LogP contribution in [0.1, 0.15) is 50.2 Å². The first-order chi connectivity index (χ1) is 22.5. The van der Waals surface area contributed by atoms with Gasteiger partial charge < -0.3 is 14.6 Å². The van der Waals surface area contributed by atoms with Gasteiger partial charge in [0.1, 0.15) is 5.75 Å². The number of hydrogen-bond acceptors (Lipinski definition) is 8.